The monoisotopic (exact) mass is 453 g/mol. The molecule has 3 aliphatic rings. The summed E-state index contributed by atoms with van der Waals surface area (Å²) in [7, 11) is 1.32. The number of ether oxygens (including phenoxy) is 1. The lowest BCUT2D eigenvalue weighted by Crippen LogP contribution is -2.47. The van der Waals surface area contributed by atoms with Crippen LogP contribution < -0.4 is 5.32 Å². The molecule has 1 amide bonds. The first kappa shape index (κ1) is 22.3. The molecule has 1 aromatic heterocycles. The molecule has 6 nitrogen and oxygen atoms in total. The van der Waals surface area contributed by atoms with Crippen LogP contribution in [0.15, 0.2) is 36.4 Å². The van der Waals surface area contributed by atoms with Crippen LogP contribution in [0.5, 0.6) is 0 Å². The number of nitrogens with one attached hydrogen (secondary N) is 1. The fourth-order valence-electron chi connectivity index (χ4n) is 5.07. The van der Waals surface area contributed by atoms with Gasteiger partial charge in [-0.15, -0.1) is 11.3 Å². The highest BCUT2D eigenvalue weighted by Crippen LogP contribution is 2.46. The highest BCUT2D eigenvalue weighted by molar-refractivity contribution is 7.17. The Bertz CT molecular complexity index is 1080. The minimum absolute atomic E-state index is 0.107. The second-order valence-electron chi connectivity index (χ2n) is 8.45. The zero-order valence-corrected chi connectivity index (χ0v) is 19.2. The molecule has 0 saturated heterocycles. The molecule has 168 valence electrons. The van der Waals surface area contributed by atoms with Gasteiger partial charge in [-0.2, -0.15) is 0 Å². The Labute approximate surface area is 191 Å². The fraction of sp³-hybridized carbons (Fsp3) is 0.400. The Morgan fingerprint density at radius 2 is 1.72 bits per heavy atom. The van der Waals surface area contributed by atoms with Gasteiger partial charge in [0.2, 0.25) is 5.91 Å². The van der Waals surface area contributed by atoms with E-state index in [9.17, 15) is 19.5 Å². The summed E-state index contributed by atoms with van der Waals surface area (Å²) in [6, 6.07) is 7.98. The van der Waals surface area contributed by atoms with Crippen molar-refractivity contribution in [2.24, 2.45) is 23.7 Å². The summed E-state index contributed by atoms with van der Waals surface area (Å²) in [4.78, 5) is 38.9. The third kappa shape index (κ3) is 3.86. The van der Waals surface area contributed by atoms with Crippen molar-refractivity contribution >= 4 is 34.2 Å². The van der Waals surface area contributed by atoms with E-state index < -0.39 is 23.8 Å². The van der Waals surface area contributed by atoms with Gasteiger partial charge in [0.05, 0.1) is 18.9 Å². The molecule has 7 heteroatoms. The number of aryl methyl sites for hydroxylation is 2. The quantitative estimate of drug-likeness (QED) is 0.478. The highest BCUT2D eigenvalue weighted by Gasteiger charge is 2.48. The second kappa shape index (κ2) is 8.90. The number of amides is 1. The molecule has 4 atom stereocenters. The molecular formula is C25H27NO5S. The van der Waals surface area contributed by atoms with Crippen molar-refractivity contribution in [1.29, 1.82) is 0 Å². The van der Waals surface area contributed by atoms with E-state index in [0.29, 0.717) is 10.6 Å². The number of hydrogen-bond donors (Lipinski definition) is 2. The Balaban J connectivity index is 1.71. The molecular weight excluding hydrogens is 426 g/mol. The van der Waals surface area contributed by atoms with Crippen LogP contribution >= 0.6 is 11.3 Å². The summed E-state index contributed by atoms with van der Waals surface area (Å²) in [6.45, 7) is 3.98. The van der Waals surface area contributed by atoms with Crippen LogP contribution in [0.3, 0.4) is 0 Å². The number of carbonyl (C=O) groups excluding carboxylic acids is 2. The van der Waals surface area contributed by atoms with Crippen molar-refractivity contribution in [2.45, 2.75) is 33.1 Å². The number of carboxylic acids is 1. The van der Waals surface area contributed by atoms with Crippen molar-refractivity contribution in [3.63, 3.8) is 0 Å². The number of carbonyl (C=O) groups is 3. The average Bonchev–Trinajstić information content (AvgIpc) is 3.13. The van der Waals surface area contributed by atoms with Gasteiger partial charge in [-0.1, -0.05) is 43.3 Å². The van der Waals surface area contributed by atoms with Crippen molar-refractivity contribution < 1.29 is 24.2 Å². The lowest BCUT2D eigenvalue weighted by atomic mass is 9.62. The van der Waals surface area contributed by atoms with Gasteiger partial charge in [-0.25, -0.2) is 4.79 Å². The molecule has 0 aliphatic heterocycles. The first-order valence-electron chi connectivity index (χ1n) is 10.9. The van der Waals surface area contributed by atoms with E-state index in [2.05, 4.69) is 12.2 Å². The highest BCUT2D eigenvalue weighted by atomic mass is 32.1. The Kier molecular flexibility index (Phi) is 6.20. The number of rotatable bonds is 6. The molecule has 2 N–H and O–H groups in total. The molecule has 1 heterocycles. The first-order valence-corrected chi connectivity index (χ1v) is 11.7. The predicted octanol–water partition coefficient (Wildman–Crippen LogP) is 4.92. The standard InChI is InChI=1S/C25H27NO5S/c1-4-14-5-7-15(8-6-14)18-13(2)32-23(21(18)25(30)31-3)26-22(27)19-16-9-11-17(12-10-16)20(19)24(28)29/h5-9,11,16-17,19-20H,4,10,12H2,1-3H3,(H,26,27)(H,28,29)/t16-,17-,19+,20+/m0/s1. The van der Waals surface area contributed by atoms with E-state index >= 15 is 0 Å². The van der Waals surface area contributed by atoms with Gasteiger partial charge in [0.1, 0.15) is 10.6 Å². The van der Waals surface area contributed by atoms with E-state index in [1.165, 1.54) is 24.0 Å². The number of aliphatic carboxylic acids is 1. The molecule has 1 saturated carbocycles. The van der Waals surface area contributed by atoms with E-state index in [0.717, 1.165) is 35.3 Å². The second-order valence-corrected chi connectivity index (χ2v) is 9.67. The first-order chi connectivity index (χ1) is 15.3. The third-order valence-electron chi connectivity index (χ3n) is 6.70. The van der Waals surface area contributed by atoms with Crippen LogP contribution in [0.2, 0.25) is 0 Å². The largest absolute Gasteiger partial charge is 0.481 e. The van der Waals surface area contributed by atoms with E-state index in [1.54, 1.807) is 0 Å². The summed E-state index contributed by atoms with van der Waals surface area (Å²) < 4.78 is 5.04. The zero-order valence-electron chi connectivity index (χ0n) is 18.4. The number of fused-ring (bicyclic) bond motifs is 2. The van der Waals surface area contributed by atoms with Crippen molar-refractivity contribution in [3.8, 4) is 11.1 Å². The van der Waals surface area contributed by atoms with E-state index in [4.69, 9.17) is 4.74 Å². The van der Waals surface area contributed by atoms with Gasteiger partial charge in [0, 0.05) is 10.4 Å². The SMILES string of the molecule is CCc1ccc(-c2c(C)sc(NC(=O)[C@H]3[C@H](C(=O)O)[C@H]4C=C[C@H]3CC4)c2C(=O)OC)cc1. The molecule has 5 rings (SSSR count). The van der Waals surface area contributed by atoms with E-state index in [-0.39, 0.29) is 17.7 Å². The van der Waals surface area contributed by atoms with Crippen molar-refractivity contribution in [1.82, 2.24) is 0 Å². The van der Waals surface area contributed by atoms with Crippen LogP contribution in [0.1, 0.15) is 40.6 Å². The number of benzene rings is 1. The molecule has 1 aromatic carbocycles. The smallest absolute Gasteiger partial charge is 0.341 e. The maximum absolute atomic E-state index is 13.3. The Hall–Kier alpha value is -2.93. The Morgan fingerprint density at radius 3 is 2.25 bits per heavy atom. The normalized spacial score (nSPS) is 23.7. The van der Waals surface area contributed by atoms with Crippen molar-refractivity contribution in [3.05, 3.63) is 52.4 Å². The third-order valence-corrected chi connectivity index (χ3v) is 7.72. The van der Waals surface area contributed by atoms with Crippen LogP contribution in [0.25, 0.3) is 11.1 Å². The lowest BCUT2D eigenvalue weighted by molar-refractivity contribution is -0.151. The zero-order chi connectivity index (χ0) is 23.0. The molecule has 3 aliphatic carbocycles. The summed E-state index contributed by atoms with van der Waals surface area (Å²) >= 11 is 1.31. The predicted molar refractivity (Wildman–Crippen MR) is 124 cm³/mol. The van der Waals surface area contributed by atoms with E-state index in [1.807, 2.05) is 43.3 Å². The molecule has 2 aromatic rings. The van der Waals surface area contributed by atoms with Gasteiger partial charge in [-0.3, -0.25) is 9.59 Å². The van der Waals surface area contributed by atoms with Crippen LogP contribution in [0, 0.1) is 30.6 Å². The molecule has 2 bridgehead atoms. The molecule has 32 heavy (non-hydrogen) atoms. The number of methoxy groups -OCH3 is 1. The molecule has 0 radical (unpaired) electrons. The Morgan fingerprint density at radius 1 is 1.09 bits per heavy atom. The number of carboxylic acid groups (broad SMARTS) is 1. The van der Waals surface area contributed by atoms with Gasteiger partial charge in [0.25, 0.3) is 0 Å². The number of hydrogen-bond acceptors (Lipinski definition) is 5. The molecule has 0 unspecified atom stereocenters. The number of esters is 1. The average molecular weight is 454 g/mol. The summed E-state index contributed by atoms with van der Waals surface area (Å²) in [5, 5.41) is 13.1. The van der Waals surface area contributed by atoms with Gasteiger partial charge in [-0.05, 0) is 49.1 Å². The maximum atomic E-state index is 13.3. The number of allylic oxidation sites excluding steroid dienone is 2. The lowest BCUT2D eigenvalue weighted by Gasteiger charge is -2.41. The summed E-state index contributed by atoms with van der Waals surface area (Å²) in [5.74, 6) is -3.47. The maximum Gasteiger partial charge on any atom is 0.341 e. The number of anilines is 1. The molecule has 1 fully saturated rings. The van der Waals surface area contributed by atoms with Gasteiger partial charge >= 0.3 is 11.9 Å². The summed E-state index contributed by atoms with van der Waals surface area (Å²) in [6.07, 6.45) is 6.40. The van der Waals surface area contributed by atoms with Gasteiger partial charge in [0.15, 0.2) is 0 Å². The van der Waals surface area contributed by atoms with Crippen LogP contribution in [-0.4, -0.2) is 30.1 Å². The fourth-order valence-corrected chi connectivity index (χ4v) is 6.13. The minimum Gasteiger partial charge on any atom is -0.481 e. The molecule has 0 spiro atoms. The van der Waals surface area contributed by atoms with Gasteiger partial charge < -0.3 is 15.2 Å². The summed E-state index contributed by atoms with van der Waals surface area (Å²) in [5.41, 5.74) is 3.12. The minimum atomic E-state index is -0.948. The van der Waals surface area contributed by atoms with Crippen LogP contribution in [0.4, 0.5) is 5.00 Å². The van der Waals surface area contributed by atoms with Crippen molar-refractivity contribution in [2.75, 3.05) is 12.4 Å². The number of thiophene rings is 1. The van der Waals surface area contributed by atoms with Crippen LogP contribution in [-0.2, 0) is 20.7 Å². The topological polar surface area (TPSA) is 92.7 Å².